The molecule has 3 heterocycles. The molecule has 1 N–H and O–H groups in total. The lowest BCUT2D eigenvalue weighted by Gasteiger charge is -2.36. The Balaban J connectivity index is 1.54. The summed E-state index contributed by atoms with van der Waals surface area (Å²) in [6.45, 7) is 2.41. The van der Waals surface area contributed by atoms with Crippen molar-refractivity contribution in [2.24, 2.45) is 5.92 Å². The molecule has 0 saturated carbocycles. The van der Waals surface area contributed by atoms with Gasteiger partial charge in [-0.1, -0.05) is 0 Å². The smallest absolute Gasteiger partial charge is 0.253 e. The zero-order valence-corrected chi connectivity index (χ0v) is 16.7. The van der Waals surface area contributed by atoms with Crippen LogP contribution in [0.4, 0.5) is 0 Å². The molecule has 27 heavy (non-hydrogen) atoms. The van der Waals surface area contributed by atoms with Gasteiger partial charge in [0.2, 0.25) is 10.0 Å². The fraction of sp³-hybridized carbons (Fsp3) is 0.667. The third-order valence-electron chi connectivity index (χ3n) is 5.61. The number of amides is 1. The Kier molecular flexibility index (Phi) is 6.15. The van der Waals surface area contributed by atoms with Gasteiger partial charge in [-0.05, 0) is 25.0 Å². The minimum atomic E-state index is -3.33. The molecule has 0 aromatic carbocycles. The zero-order valence-electron chi connectivity index (χ0n) is 15.9. The molecule has 2 aliphatic rings. The van der Waals surface area contributed by atoms with Gasteiger partial charge in [0, 0.05) is 70.2 Å². The molecule has 0 aliphatic carbocycles. The van der Waals surface area contributed by atoms with Crippen molar-refractivity contribution in [3.63, 3.8) is 0 Å². The topological polar surface area (TPSA) is 94.1 Å². The van der Waals surface area contributed by atoms with Crippen molar-refractivity contribution in [3.8, 4) is 0 Å². The molecule has 1 amide bonds. The minimum Gasteiger partial charge on any atom is -0.391 e. The number of likely N-dealkylation sites (tertiary alicyclic amines) is 2. The Morgan fingerprint density at radius 1 is 1.22 bits per heavy atom. The van der Waals surface area contributed by atoms with Crippen LogP contribution in [-0.4, -0.2) is 96.7 Å². The Bertz CT molecular complexity index is 748. The number of hydrogen-bond donors (Lipinski definition) is 1. The van der Waals surface area contributed by atoms with E-state index in [0.29, 0.717) is 31.7 Å². The van der Waals surface area contributed by atoms with E-state index in [0.717, 1.165) is 12.8 Å². The lowest BCUT2D eigenvalue weighted by Crippen LogP contribution is -2.46. The van der Waals surface area contributed by atoms with E-state index in [2.05, 4.69) is 9.88 Å². The second-order valence-corrected chi connectivity index (χ2v) is 9.83. The van der Waals surface area contributed by atoms with Crippen molar-refractivity contribution in [2.75, 3.05) is 46.0 Å². The average Bonchev–Trinajstić information content (AvgIpc) is 3.02. The van der Waals surface area contributed by atoms with E-state index in [-0.39, 0.29) is 23.6 Å². The van der Waals surface area contributed by atoms with Crippen LogP contribution in [0.5, 0.6) is 0 Å². The molecule has 8 nitrogen and oxygen atoms in total. The predicted octanol–water partition coefficient (Wildman–Crippen LogP) is -0.130. The predicted molar refractivity (Wildman–Crippen MR) is 102 cm³/mol. The maximum Gasteiger partial charge on any atom is 0.253 e. The summed E-state index contributed by atoms with van der Waals surface area (Å²) in [7, 11) is -0.295. The van der Waals surface area contributed by atoms with Crippen LogP contribution in [0.3, 0.4) is 0 Å². The first-order chi connectivity index (χ1) is 12.8. The van der Waals surface area contributed by atoms with Gasteiger partial charge in [-0.25, -0.2) is 12.7 Å². The Hall–Kier alpha value is -1.55. The fourth-order valence-corrected chi connectivity index (χ4v) is 5.05. The molecule has 2 fully saturated rings. The molecular formula is C18H28N4O4S. The van der Waals surface area contributed by atoms with Crippen LogP contribution in [-0.2, 0) is 10.0 Å². The van der Waals surface area contributed by atoms with Gasteiger partial charge >= 0.3 is 0 Å². The summed E-state index contributed by atoms with van der Waals surface area (Å²) in [5.74, 6) is -0.280. The molecule has 9 heteroatoms. The van der Waals surface area contributed by atoms with Crippen molar-refractivity contribution < 1.29 is 18.3 Å². The highest BCUT2D eigenvalue weighted by atomic mass is 32.2. The van der Waals surface area contributed by atoms with Crippen molar-refractivity contribution >= 4 is 15.9 Å². The van der Waals surface area contributed by atoms with Gasteiger partial charge in [0.05, 0.1) is 11.9 Å². The molecule has 2 aliphatic heterocycles. The minimum absolute atomic E-state index is 0.0206. The number of aliphatic hydroxyl groups excluding tert-OH is 1. The van der Waals surface area contributed by atoms with Gasteiger partial charge in [-0.2, -0.15) is 0 Å². The van der Waals surface area contributed by atoms with E-state index in [4.69, 9.17) is 0 Å². The van der Waals surface area contributed by atoms with Crippen molar-refractivity contribution in [2.45, 2.75) is 25.0 Å². The van der Waals surface area contributed by atoms with E-state index in [1.165, 1.54) is 18.4 Å². The van der Waals surface area contributed by atoms with E-state index >= 15 is 0 Å². The third kappa shape index (κ3) is 4.66. The van der Waals surface area contributed by atoms with E-state index in [1.807, 2.05) is 4.90 Å². The lowest BCUT2D eigenvalue weighted by molar-refractivity contribution is 0.0627. The zero-order chi connectivity index (χ0) is 19.6. The number of β-amino-alcohol motifs (C(OH)–C–C–N with tert-alkyl or cyclic N) is 1. The van der Waals surface area contributed by atoms with Crippen LogP contribution in [0.25, 0.3) is 0 Å². The highest BCUT2D eigenvalue weighted by Gasteiger charge is 2.39. The number of aliphatic hydroxyl groups is 1. The molecule has 150 valence electrons. The van der Waals surface area contributed by atoms with E-state index in [1.54, 1.807) is 24.5 Å². The first kappa shape index (κ1) is 20.2. The van der Waals surface area contributed by atoms with Crippen LogP contribution in [0, 0.1) is 5.92 Å². The molecule has 2 saturated heterocycles. The summed E-state index contributed by atoms with van der Waals surface area (Å²) in [4.78, 5) is 20.5. The largest absolute Gasteiger partial charge is 0.391 e. The van der Waals surface area contributed by atoms with E-state index in [9.17, 15) is 18.3 Å². The van der Waals surface area contributed by atoms with Gasteiger partial charge < -0.3 is 10.0 Å². The van der Waals surface area contributed by atoms with Crippen molar-refractivity contribution in [1.82, 2.24) is 19.1 Å². The molecule has 2 atom stereocenters. The monoisotopic (exact) mass is 396 g/mol. The molecule has 0 radical (unpaired) electrons. The quantitative estimate of drug-likeness (QED) is 0.745. The number of pyridine rings is 1. The number of carbonyl (C=O) groups excluding carboxylic acids is 1. The number of hydrogen-bond acceptors (Lipinski definition) is 6. The number of rotatable bonds is 5. The molecule has 0 unspecified atom stereocenters. The maximum absolute atomic E-state index is 12.5. The van der Waals surface area contributed by atoms with Crippen LogP contribution < -0.4 is 0 Å². The summed E-state index contributed by atoms with van der Waals surface area (Å²) in [5.41, 5.74) is 0.647. The summed E-state index contributed by atoms with van der Waals surface area (Å²) in [6, 6.07) is 3.72. The normalized spacial score (nSPS) is 25.3. The van der Waals surface area contributed by atoms with Gasteiger partial charge in [0.25, 0.3) is 5.91 Å². The van der Waals surface area contributed by atoms with Crippen LogP contribution >= 0.6 is 0 Å². The Labute approximate surface area is 160 Å². The highest BCUT2D eigenvalue weighted by molar-refractivity contribution is 7.89. The first-order valence-corrected chi connectivity index (χ1v) is 10.9. The molecule has 0 spiro atoms. The van der Waals surface area contributed by atoms with Crippen molar-refractivity contribution in [1.29, 1.82) is 0 Å². The number of carbonyl (C=O) groups is 1. The van der Waals surface area contributed by atoms with Gasteiger partial charge in [0.1, 0.15) is 0 Å². The van der Waals surface area contributed by atoms with Gasteiger partial charge in [0.15, 0.2) is 0 Å². The first-order valence-electron chi connectivity index (χ1n) is 9.29. The lowest BCUT2D eigenvalue weighted by atomic mass is 10.0. The molecule has 3 rings (SSSR count). The van der Waals surface area contributed by atoms with Crippen LogP contribution in [0.1, 0.15) is 23.2 Å². The van der Waals surface area contributed by atoms with Crippen molar-refractivity contribution in [3.05, 3.63) is 30.1 Å². The van der Waals surface area contributed by atoms with Crippen LogP contribution in [0.15, 0.2) is 24.5 Å². The summed E-state index contributed by atoms with van der Waals surface area (Å²) in [6.07, 6.45) is 4.27. The fourth-order valence-electron chi connectivity index (χ4n) is 3.88. The Morgan fingerprint density at radius 2 is 1.85 bits per heavy atom. The number of piperidine rings is 1. The third-order valence-corrected chi connectivity index (χ3v) is 7.57. The Morgan fingerprint density at radius 3 is 2.44 bits per heavy atom. The summed E-state index contributed by atoms with van der Waals surface area (Å²) in [5, 5.41) is 10.3. The number of aromatic nitrogens is 1. The number of nitrogens with zero attached hydrogens (tertiary/aromatic N) is 4. The second-order valence-electron chi connectivity index (χ2n) is 7.60. The standard InChI is InChI=1S/C18H28N4O4S/c1-20(2)27(25,26)13-15-11-22(12-17(15)23)16-5-9-21(10-6-16)18(24)14-3-7-19-8-4-14/h3-4,7-8,15-17,23H,5-6,9-13H2,1-2H3/t15-,17-/m0/s1. The number of sulfonamides is 1. The highest BCUT2D eigenvalue weighted by Crippen LogP contribution is 2.26. The van der Waals surface area contributed by atoms with E-state index < -0.39 is 16.1 Å². The average molecular weight is 397 g/mol. The maximum atomic E-state index is 12.5. The summed E-state index contributed by atoms with van der Waals surface area (Å²) < 4.78 is 25.4. The molecular weight excluding hydrogens is 368 g/mol. The molecule has 1 aromatic rings. The molecule has 0 bridgehead atoms. The summed E-state index contributed by atoms with van der Waals surface area (Å²) >= 11 is 0. The second kappa shape index (κ2) is 8.22. The van der Waals surface area contributed by atoms with Crippen LogP contribution in [0.2, 0.25) is 0 Å². The molecule has 1 aromatic heterocycles. The van der Waals surface area contributed by atoms with Gasteiger partial charge in [-0.15, -0.1) is 0 Å². The van der Waals surface area contributed by atoms with Gasteiger partial charge in [-0.3, -0.25) is 14.7 Å². The SMILES string of the molecule is CN(C)S(=O)(=O)C[C@@H]1CN(C2CCN(C(=O)c3ccncc3)CC2)C[C@@H]1O.